The van der Waals surface area contributed by atoms with Gasteiger partial charge in [-0.05, 0) is 80.1 Å². The Bertz CT molecular complexity index is 1230. The van der Waals surface area contributed by atoms with E-state index in [1.54, 1.807) is 26.0 Å². The quantitative estimate of drug-likeness (QED) is 0.202. The van der Waals surface area contributed by atoms with Crippen LogP contribution in [-0.4, -0.2) is 5.97 Å². The van der Waals surface area contributed by atoms with Crippen molar-refractivity contribution in [1.29, 1.82) is 0 Å². The number of carbonyl (C=O) groups is 1. The van der Waals surface area contributed by atoms with Crippen LogP contribution in [0.3, 0.4) is 0 Å². The zero-order chi connectivity index (χ0) is 25.1. The van der Waals surface area contributed by atoms with Gasteiger partial charge in [-0.2, -0.15) is 13.2 Å². The fourth-order valence-electron chi connectivity index (χ4n) is 3.66. The van der Waals surface area contributed by atoms with Crippen LogP contribution in [0.4, 0.5) is 13.2 Å². The molecule has 2 nitrogen and oxygen atoms in total. The maximum Gasteiger partial charge on any atom is 0.416 e. The number of ether oxygens (including phenoxy) is 1. The summed E-state index contributed by atoms with van der Waals surface area (Å²) in [5.41, 5.74) is -0.993. The number of hydrogen-bond acceptors (Lipinski definition) is 2. The molecule has 4 aromatic carbocycles. The number of alkyl halides is 3. The topological polar surface area (TPSA) is 26.3 Å². The molecule has 0 saturated heterocycles. The highest BCUT2D eigenvalue weighted by Gasteiger charge is 2.33. The molecule has 0 unspecified atom stereocenters. The van der Waals surface area contributed by atoms with Gasteiger partial charge in [0.1, 0.15) is 5.60 Å². The third-order valence-corrected chi connectivity index (χ3v) is 7.77. The summed E-state index contributed by atoms with van der Waals surface area (Å²) >= 11 is 0. The molecule has 0 heterocycles. The molecule has 4 rings (SSSR count). The van der Waals surface area contributed by atoms with Crippen LogP contribution in [0.2, 0.25) is 0 Å². The Hall–Kier alpha value is -3.51. The Morgan fingerprint density at radius 1 is 0.629 bits per heavy atom. The Morgan fingerprint density at radius 2 is 1.06 bits per heavy atom. The highest BCUT2D eigenvalue weighted by atomic mass is 32.2. The van der Waals surface area contributed by atoms with Crippen LogP contribution in [0, 0.1) is 0 Å². The molecule has 0 saturated carbocycles. The van der Waals surface area contributed by atoms with Crippen molar-refractivity contribution in [2.45, 2.75) is 40.3 Å². The summed E-state index contributed by atoms with van der Waals surface area (Å²) in [6.07, 6.45) is -4.42. The van der Waals surface area contributed by atoms with Crippen LogP contribution in [-0.2, 0) is 27.4 Å². The van der Waals surface area contributed by atoms with E-state index >= 15 is 0 Å². The van der Waals surface area contributed by atoms with E-state index < -0.39 is 23.3 Å². The first kappa shape index (κ1) is 24.6. The second-order valence-electron chi connectivity index (χ2n) is 8.43. The molecule has 6 heteroatoms. The molecule has 178 valence electrons. The van der Waals surface area contributed by atoms with Crippen molar-refractivity contribution in [2.24, 2.45) is 0 Å². The van der Waals surface area contributed by atoms with Crippen molar-refractivity contribution < 1.29 is 22.7 Å². The van der Waals surface area contributed by atoms with E-state index in [-0.39, 0.29) is 10.9 Å². The Kier molecular flexibility index (Phi) is 7.03. The number of carbonyl (C=O) groups excluding carboxylic acids is 1. The molecule has 0 bridgehead atoms. The summed E-state index contributed by atoms with van der Waals surface area (Å²) in [6, 6.07) is 32.3. The molecule has 0 aliphatic rings. The van der Waals surface area contributed by atoms with Crippen LogP contribution >= 0.6 is 0 Å². The van der Waals surface area contributed by atoms with Crippen LogP contribution in [0.1, 0.15) is 35.3 Å². The van der Waals surface area contributed by atoms with Gasteiger partial charge in [0.05, 0.1) is 22.0 Å². The average molecular weight is 494 g/mol. The fraction of sp³-hybridized carbons (Fsp3) is 0.138. The largest absolute Gasteiger partial charge is 0.451 e. The number of esters is 1. The summed E-state index contributed by atoms with van der Waals surface area (Å²) in [5, 5.41) is 0. The van der Waals surface area contributed by atoms with Crippen LogP contribution < -0.4 is 0 Å². The lowest BCUT2D eigenvalue weighted by Gasteiger charge is -2.26. The Labute approximate surface area is 205 Å². The molecule has 0 aliphatic heterocycles. The molecule has 0 radical (unpaired) electrons. The van der Waals surface area contributed by atoms with E-state index in [0.29, 0.717) is 11.1 Å². The van der Waals surface area contributed by atoms with Gasteiger partial charge in [0.25, 0.3) is 0 Å². The van der Waals surface area contributed by atoms with E-state index in [2.05, 4.69) is 24.3 Å². The predicted molar refractivity (Wildman–Crippen MR) is 131 cm³/mol. The SMILES string of the molecule is CC(C)(OC(=O)c1ccc([S+](c2ccccc2)c2ccccc2)cc1)c1ccc(C(F)(F)F)cc1. The average Bonchev–Trinajstić information content (AvgIpc) is 2.85. The van der Waals surface area contributed by atoms with Crippen molar-refractivity contribution in [3.8, 4) is 0 Å². The number of rotatable bonds is 6. The van der Waals surface area contributed by atoms with Crippen molar-refractivity contribution >= 4 is 16.9 Å². The zero-order valence-electron chi connectivity index (χ0n) is 19.3. The molecule has 0 fully saturated rings. The van der Waals surface area contributed by atoms with Gasteiger partial charge >= 0.3 is 12.1 Å². The highest BCUT2D eigenvalue weighted by molar-refractivity contribution is 7.97. The molecule has 0 atom stereocenters. The summed E-state index contributed by atoms with van der Waals surface area (Å²) in [7, 11) is -0.339. The minimum Gasteiger partial charge on any atom is -0.451 e. The summed E-state index contributed by atoms with van der Waals surface area (Å²) in [6.45, 7) is 3.31. The van der Waals surface area contributed by atoms with Gasteiger partial charge in [0, 0.05) is 0 Å². The molecule has 4 aromatic rings. The summed E-state index contributed by atoms with van der Waals surface area (Å²) in [4.78, 5) is 16.3. The highest BCUT2D eigenvalue weighted by Crippen LogP contribution is 2.33. The molecular weight excluding hydrogens is 469 g/mol. The van der Waals surface area contributed by atoms with E-state index in [0.717, 1.165) is 26.8 Å². The summed E-state index contributed by atoms with van der Waals surface area (Å²) in [5.74, 6) is -0.541. The summed E-state index contributed by atoms with van der Waals surface area (Å²) < 4.78 is 44.3. The first-order valence-corrected chi connectivity index (χ1v) is 12.2. The number of hydrogen-bond donors (Lipinski definition) is 0. The van der Waals surface area contributed by atoms with Crippen LogP contribution in [0.25, 0.3) is 0 Å². The van der Waals surface area contributed by atoms with Crippen molar-refractivity contribution in [1.82, 2.24) is 0 Å². The molecule has 35 heavy (non-hydrogen) atoms. The smallest absolute Gasteiger partial charge is 0.416 e. The van der Waals surface area contributed by atoms with E-state index in [9.17, 15) is 18.0 Å². The van der Waals surface area contributed by atoms with Gasteiger partial charge in [-0.15, -0.1) is 0 Å². The van der Waals surface area contributed by atoms with Crippen LogP contribution in [0.15, 0.2) is 124 Å². The standard InChI is InChI=1S/C29H24F3O2S/c1-28(2,22-15-17-23(18-16-22)29(30,31)32)34-27(33)21-13-19-26(20-14-21)35(24-9-5-3-6-10-24)25-11-7-4-8-12-25/h3-20H,1-2H3/q+1. The molecule has 0 aromatic heterocycles. The zero-order valence-corrected chi connectivity index (χ0v) is 20.1. The van der Waals surface area contributed by atoms with Crippen molar-refractivity contribution in [2.75, 3.05) is 0 Å². The van der Waals surface area contributed by atoms with Crippen molar-refractivity contribution in [3.05, 3.63) is 126 Å². The molecular formula is C29H24F3O2S+. The minimum atomic E-state index is -4.42. The van der Waals surface area contributed by atoms with Gasteiger partial charge in [0.2, 0.25) is 0 Å². The van der Waals surface area contributed by atoms with Crippen LogP contribution in [0.5, 0.6) is 0 Å². The lowest BCUT2D eigenvalue weighted by molar-refractivity contribution is -0.137. The van der Waals surface area contributed by atoms with Gasteiger partial charge in [-0.3, -0.25) is 0 Å². The normalized spacial score (nSPS) is 11.9. The maximum atomic E-state index is 12.9. The first-order chi connectivity index (χ1) is 16.6. The number of benzene rings is 4. The lowest BCUT2D eigenvalue weighted by atomic mass is 9.96. The van der Waals surface area contributed by atoms with E-state index in [1.807, 2.05) is 48.5 Å². The second-order valence-corrected chi connectivity index (χ2v) is 10.5. The van der Waals surface area contributed by atoms with E-state index in [4.69, 9.17) is 4.74 Å². The Balaban J connectivity index is 1.55. The van der Waals surface area contributed by atoms with Crippen molar-refractivity contribution in [3.63, 3.8) is 0 Å². The van der Waals surface area contributed by atoms with Gasteiger partial charge in [-0.1, -0.05) is 48.5 Å². The molecule has 0 spiro atoms. The second kappa shape index (κ2) is 10.0. The first-order valence-electron chi connectivity index (χ1n) is 11.0. The lowest BCUT2D eigenvalue weighted by Crippen LogP contribution is -2.26. The van der Waals surface area contributed by atoms with Gasteiger partial charge < -0.3 is 4.74 Å². The maximum absolute atomic E-state index is 12.9. The third-order valence-electron chi connectivity index (χ3n) is 5.54. The fourth-order valence-corrected chi connectivity index (χ4v) is 5.74. The van der Waals surface area contributed by atoms with E-state index in [1.165, 1.54) is 12.1 Å². The van der Waals surface area contributed by atoms with Gasteiger partial charge in [0.15, 0.2) is 14.7 Å². The molecule has 0 amide bonds. The third kappa shape index (κ3) is 5.77. The molecule has 0 N–H and O–H groups in total. The monoisotopic (exact) mass is 493 g/mol. The Morgan fingerprint density at radius 3 is 1.51 bits per heavy atom. The predicted octanol–water partition coefficient (Wildman–Crippen LogP) is 7.89. The number of halogens is 3. The van der Waals surface area contributed by atoms with Gasteiger partial charge in [-0.25, -0.2) is 4.79 Å². The minimum absolute atomic E-state index is 0.339. The molecule has 0 aliphatic carbocycles.